The molecule has 0 spiro atoms. The van der Waals surface area contributed by atoms with Crippen molar-refractivity contribution in [3.63, 3.8) is 0 Å². The molecular formula is C35H29N3O12. The number of aromatic amines is 1. The molecule has 15 heteroatoms. The van der Waals surface area contributed by atoms with Crippen LogP contribution in [0.25, 0.3) is 43.6 Å². The minimum Gasteiger partial charge on any atom is -0.463 e. The number of hydrogen-bond acceptors (Lipinski definition) is 12. The number of imide groups is 1. The highest BCUT2D eigenvalue weighted by Crippen LogP contribution is 2.47. The molecule has 1 unspecified atom stereocenters. The number of ether oxygens (including phenoxy) is 5. The fourth-order valence-electron chi connectivity index (χ4n) is 7.19. The number of carbonyl (C=O) groups is 7. The highest BCUT2D eigenvalue weighted by Gasteiger charge is 2.52. The highest BCUT2D eigenvalue weighted by molar-refractivity contribution is 6.39. The van der Waals surface area contributed by atoms with Gasteiger partial charge in [0.25, 0.3) is 11.8 Å². The second kappa shape index (κ2) is 12.2. The van der Waals surface area contributed by atoms with Crippen molar-refractivity contribution in [1.29, 1.82) is 0 Å². The summed E-state index contributed by atoms with van der Waals surface area (Å²) in [5.74, 6) is -3.45. The van der Waals surface area contributed by atoms with Crippen LogP contribution in [-0.4, -0.2) is 90.0 Å². The summed E-state index contributed by atoms with van der Waals surface area (Å²) >= 11 is 0. The van der Waals surface area contributed by atoms with Crippen molar-refractivity contribution in [2.45, 2.75) is 51.4 Å². The van der Waals surface area contributed by atoms with Crippen LogP contribution < -0.4 is 5.32 Å². The van der Waals surface area contributed by atoms with Crippen LogP contribution in [0, 0.1) is 0 Å². The van der Waals surface area contributed by atoms with Crippen LogP contribution in [-0.2, 0) is 38.1 Å². The van der Waals surface area contributed by atoms with Crippen molar-refractivity contribution < 1.29 is 57.2 Å². The zero-order valence-electron chi connectivity index (χ0n) is 27.1. The fourth-order valence-corrected chi connectivity index (χ4v) is 7.19. The number of benzene rings is 3. The van der Waals surface area contributed by atoms with Gasteiger partial charge in [-0.05, 0) is 36.4 Å². The Morgan fingerprint density at radius 1 is 0.820 bits per heavy atom. The Kier molecular flexibility index (Phi) is 7.95. The van der Waals surface area contributed by atoms with Gasteiger partial charge in [0.15, 0.2) is 18.4 Å². The van der Waals surface area contributed by atoms with E-state index in [0.717, 1.165) is 0 Å². The molecule has 2 amide bonds. The van der Waals surface area contributed by atoms with Crippen LogP contribution in [0.15, 0.2) is 36.4 Å². The van der Waals surface area contributed by atoms with Gasteiger partial charge in [-0.1, -0.05) is 0 Å². The SMILES string of the molecule is CO[C@H]1[C@H](OC(C)=O)[C@@H](OC(C)=O)C(n2c3ccc(C=O)cc3c3c4c(c5c6cc(C=O)ccc6[nH]c5c32)C(=O)NC4=O)O[C@@H]1COC(C)=O. The smallest absolute Gasteiger partial charge is 0.303 e. The van der Waals surface area contributed by atoms with Crippen LogP contribution in [0.4, 0.5) is 0 Å². The van der Waals surface area contributed by atoms with E-state index in [4.69, 9.17) is 23.7 Å². The summed E-state index contributed by atoms with van der Waals surface area (Å²) < 4.78 is 30.8. The number of fused-ring (bicyclic) bond motifs is 10. The van der Waals surface area contributed by atoms with Crippen LogP contribution in [0.3, 0.4) is 0 Å². The molecule has 0 saturated carbocycles. The van der Waals surface area contributed by atoms with Gasteiger partial charge >= 0.3 is 17.9 Å². The summed E-state index contributed by atoms with van der Waals surface area (Å²) in [6.07, 6.45) is -4.92. The molecule has 1 fully saturated rings. The van der Waals surface area contributed by atoms with E-state index in [-0.39, 0.29) is 28.7 Å². The average Bonchev–Trinajstić information content (AvgIpc) is 3.71. The summed E-state index contributed by atoms with van der Waals surface area (Å²) in [6, 6.07) is 9.55. The molecule has 50 heavy (non-hydrogen) atoms. The van der Waals surface area contributed by atoms with Crippen LogP contribution in [0.5, 0.6) is 0 Å². The molecule has 1 saturated heterocycles. The molecule has 0 aliphatic carbocycles. The van der Waals surface area contributed by atoms with Gasteiger partial charge in [-0.2, -0.15) is 0 Å². The number of aromatic nitrogens is 2. The van der Waals surface area contributed by atoms with Crippen molar-refractivity contribution in [2.75, 3.05) is 13.7 Å². The standard InChI is InChI=1S/C35H29N3O12/c1-14(41)47-13-23-30(46-4)31(48-15(2)42)32(49-16(3)43)35(50-23)38-22-8-6-18(12-40)10-20(22)25-27-26(33(44)37-34(27)45)24-19-9-17(11-39)5-7-21(19)36-28(24)29(25)38/h5-12,23,30-32,35-36H,13H2,1-4H3,(H,37,44,45)/t23-,30-,31+,32-,35?/m1/s1. The van der Waals surface area contributed by atoms with Gasteiger partial charge in [-0.15, -0.1) is 0 Å². The quantitative estimate of drug-likeness (QED) is 0.105. The number of rotatable bonds is 8. The van der Waals surface area contributed by atoms with Gasteiger partial charge < -0.3 is 33.2 Å². The zero-order chi connectivity index (χ0) is 35.6. The molecule has 4 heterocycles. The van der Waals surface area contributed by atoms with E-state index < -0.39 is 60.4 Å². The Hall–Kier alpha value is -5.93. The zero-order valence-corrected chi connectivity index (χ0v) is 27.1. The predicted molar refractivity (Wildman–Crippen MR) is 174 cm³/mol. The second-order valence-electron chi connectivity index (χ2n) is 12.0. The highest BCUT2D eigenvalue weighted by atomic mass is 16.6. The van der Waals surface area contributed by atoms with Gasteiger partial charge in [0.1, 0.15) is 31.4 Å². The summed E-state index contributed by atoms with van der Waals surface area (Å²) in [6.45, 7) is 3.20. The lowest BCUT2D eigenvalue weighted by molar-refractivity contribution is -0.267. The Morgan fingerprint density at radius 3 is 2.06 bits per heavy atom. The van der Waals surface area contributed by atoms with E-state index in [1.54, 1.807) is 34.9 Å². The first-order valence-corrected chi connectivity index (χ1v) is 15.5. The van der Waals surface area contributed by atoms with E-state index >= 15 is 0 Å². The van der Waals surface area contributed by atoms with Crippen LogP contribution in [0.1, 0.15) is 68.4 Å². The number of nitrogens with zero attached hydrogens (tertiary/aromatic N) is 1. The van der Waals surface area contributed by atoms with Gasteiger partial charge in [-0.25, -0.2) is 0 Å². The lowest BCUT2D eigenvalue weighted by Crippen LogP contribution is -2.60. The molecular weight excluding hydrogens is 654 g/mol. The molecule has 0 radical (unpaired) electrons. The summed E-state index contributed by atoms with van der Waals surface area (Å²) in [4.78, 5) is 91.4. The van der Waals surface area contributed by atoms with E-state index in [1.165, 1.54) is 33.9 Å². The lowest BCUT2D eigenvalue weighted by atomic mass is 9.95. The molecule has 2 aliphatic heterocycles. The first kappa shape index (κ1) is 32.6. The molecule has 5 aromatic rings. The van der Waals surface area contributed by atoms with E-state index in [9.17, 15) is 33.6 Å². The first-order chi connectivity index (χ1) is 24.0. The van der Waals surface area contributed by atoms with Gasteiger partial charge in [0, 0.05) is 66.1 Å². The third kappa shape index (κ3) is 5.01. The molecule has 2 N–H and O–H groups in total. The van der Waals surface area contributed by atoms with E-state index in [1.807, 2.05) is 0 Å². The number of aldehydes is 2. The monoisotopic (exact) mass is 683 g/mol. The number of H-pyrrole nitrogens is 1. The number of methoxy groups -OCH3 is 1. The minimum atomic E-state index is -1.38. The molecule has 0 bridgehead atoms. The molecule has 7 rings (SSSR count). The number of hydrogen-bond donors (Lipinski definition) is 2. The predicted octanol–water partition coefficient (Wildman–Crippen LogP) is 3.28. The van der Waals surface area contributed by atoms with Crippen molar-refractivity contribution in [3.05, 3.63) is 58.7 Å². The topological polar surface area (TPSA) is 198 Å². The van der Waals surface area contributed by atoms with E-state index in [0.29, 0.717) is 56.4 Å². The summed E-state index contributed by atoms with van der Waals surface area (Å²) in [7, 11) is 1.33. The number of esters is 3. The molecule has 15 nitrogen and oxygen atoms in total. The first-order valence-electron chi connectivity index (χ1n) is 15.5. The Morgan fingerprint density at radius 2 is 1.44 bits per heavy atom. The minimum absolute atomic E-state index is 0.0179. The maximum absolute atomic E-state index is 13.7. The van der Waals surface area contributed by atoms with Crippen molar-refractivity contribution in [2.24, 2.45) is 0 Å². The normalized spacial score (nSPS) is 21.7. The van der Waals surface area contributed by atoms with Gasteiger partial charge in [0.05, 0.1) is 27.7 Å². The second-order valence-corrected chi connectivity index (χ2v) is 12.0. The molecule has 5 atom stereocenters. The maximum atomic E-state index is 13.7. The third-order valence-electron chi connectivity index (χ3n) is 8.98. The molecule has 2 aliphatic rings. The molecule has 2 aromatic heterocycles. The summed E-state index contributed by atoms with van der Waals surface area (Å²) in [5.41, 5.74) is 2.23. The Labute approximate surface area is 281 Å². The number of carbonyl (C=O) groups excluding carboxylic acids is 7. The Balaban J connectivity index is 1.65. The fraction of sp³-hybridized carbons (Fsp3) is 0.286. The van der Waals surface area contributed by atoms with Crippen molar-refractivity contribution in [1.82, 2.24) is 14.9 Å². The van der Waals surface area contributed by atoms with E-state index in [2.05, 4.69) is 10.3 Å². The molecule has 256 valence electrons. The van der Waals surface area contributed by atoms with Gasteiger partial charge in [-0.3, -0.25) is 38.9 Å². The molecule has 3 aromatic carbocycles. The van der Waals surface area contributed by atoms with Crippen LogP contribution >= 0.6 is 0 Å². The lowest BCUT2D eigenvalue weighted by Gasteiger charge is -2.45. The largest absolute Gasteiger partial charge is 0.463 e. The van der Waals surface area contributed by atoms with Crippen molar-refractivity contribution >= 4 is 85.9 Å². The maximum Gasteiger partial charge on any atom is 0.303 e. The Bertz CT molecular complexity index is 2340. The number of nitrogens with one attached hydrogen (secondary N) is 2. The van der Waals surface area contributed by atoms with Crippen LogP contribution in [0.2, 0.25) is 0 Å². The summed E-state index contributed by atoms with van der Waals surface area (Å²) in [5, 5.41) is 3.84. The number of amides is 2. The van der Waals surface area contributed by atoms with Gasteiger partial charge in [0.2, 0.25) is 0 Å². The van der Waals surface area contributed by atoms with Crippen molar-refractivity contribution in [3.8, 4) is 0 Å². The third-order valence-corrected chi connectivity index (χ3v) is 8.98. The average molecular weight is 684 g/mol.